The van der Waals surface area contributed by atoms with Gasteiger partial charge >= 0.3 is 11.9 Å². The summed E-state index contributed by atoms with van der Waals surface area (Å²) in [5.74, 6) is -3.81. The number of carboxylic acids is 2. The number of aryl methyl sites for hydroxylation is 1. The number of nitrogens with one attached hydrogen (secondary N) is 3. The van der Waals surface area contributed by atoms with Crippen LogP contribution >= 0.6 is 0 Å². The quantitative estimate of drug-likeness (QED) is 0.247. The summed E-state index contributed by atoms with van der Waals surface area (Å²) in [5, 5.41) is 18.9. The maximum Gasteiger partial charge on any atom is 0.414 e. The van der Waals surface area contributed by atoms with Gasteiger partial charge in [0, 0.05) is 35.8 Å². The molecule has 0 aliphatic carbocycles. The Hall–Kier alpha value is -3.74. The average Bonchev–Trinajstić information content (AvgIpc) is 3.25. The van der Waals surface area contributed by atoms with Crippen molar-refractivity contribution in [1.82, 2.24) is 14.6 Å². The number of hydrogen-bond acceptors (Lipinski definition) is 6. The van der Waals surface area contributed by atoms with Crippen LogP contribution in [0.1, 0.15) is 23.1 Å². The summed E-state index contributed by atoms with van der Waals surface area (Å²) < 4.78 is 25.5. The molecule has 0 saturated carbocycles. The molecule has 11 nitrogen and oxygen atoms in total. The van der Waals surface area contributed by atoms with Crippen molar-refractivity contribution in [2.45, 2.75) is 25.0 Å². The number of anilines is 1. The Kier molecular flexibility index (Phi) is 10.8. The highest BCUT2D eigenvalue weighted by molar-refractivity contribution is 7.88. The second kappa shape index (κ2) is 13.5. The number of sulfonamides is 1. The predicted molar refractivity (Wildman–Crippen MR) is 141 cm³/mol. The van der Waals surface area contributed by atoms with E-state index in [1.54, 1.807) is 24.3 Å². The zero-order chi connectivity index (χ0) is 27.6. The minimum atomic E-state index is -3.31. The predicted octanol–water partition coefficient (Wildman–Crippen LogP) is 2.05. The molecule has 0 radical (unpaired) electrons. The van der Waals surface area contributed by atoms with Gasteiger partial charge < -0.3 is 25.4 Å². The zero-order valence-electron chi connectivity index (χ0n) is 20.9. The van der Waals surface area contributed by atoms with Crippen LogP contribution in [0.4, 0.5) is 5.69 Å². The number of carboxylic acid groups (broad SMARTS) is 2. The Morgan fingerprint density at radius 3 is 2.14 bits per heavy atom. The van der Waals surface area contributed by atoms with Gasteiger partial charge in [0.2, 0.25) is 15.9 Å². The molecule has 0 bridgehead atoms. The lowest BCUT2D eigenvalue weighted by atomic mass is 10.0. The van der Waals surface area contributed by atoms with Crippen molar-refractivity contribution in [3.05, 3.63) is 65.4 Å². The van der Waals surface area contributed by atoms with E-state index in [0.717, 1.165) is 24.0 Å². The Balaban J connectivity index is 0.000000717. The maximum absolute atomic E-state index is 12.4. The summed E-state index contributed by atoms with van der Waals surface area (Å²) in [4.78, 5) is 36.1. The molecule has 0 atom stereocenters. The van der Waals surface area contributed by atoms with Crippen LogP contribution in [0.2, 0.25) is 0 Å². The van der Waals surface area contributed by atoms with E-state index in [1.165, 1.54) is 18.0 Å². The summed E-state index contributed by atoms with van der Waals surface area (Å²) in [5.41, 5.74) is 4.85. The van der Waals surface area contributed by atoms with Crippen LogP contribution in [0.15, 0.2) is 48.7 Å². The number of amides is 1. The first-order valence-electron chi connectivity index (χ1n) is 11.4. The molecule has 0 aliphatic rings. The van der Waals surface area contributed by atoms with Gasteiger partial charge in [-0.05, 0) is 74.9 Å². The number of likely N-dealkylation sites (N-methyl/N-ethyl adjacent to an activating group) is 1. The molecule has 0 aliphatic heterocycles. The van der Waals surface area contributed by atoms with E-state index in [2.05, 4.69) is 58.4 Å². The lowest BCUT2D eigenvalue weighted by molar-refractivity contribution is -0.159. The third kappa shape index (κ3) is 10.0. The van der Waals surface area contributed by atoms with Crippen molar-refractivity contribution in [3.8, 4) is 0 Å². The molecular formula is C25H32N4O7S. The number of aliphatic carboxylic acids is 2. The van der Waals surface area contributed by atoms with Gasteiger partial charge in [-0.2, -0.15) is 0 Å². The van der Waals surface area contributed by atoms with Crippen molar-refractivity contribution >= 4 is 44.5 Å². The molecule has 3 aromatic rings. The van der Waals surface area contributed by atoms with Crippen LogP contribution in [0.25, 0.3) is 10.9 Å². The number of rotatable bonds is 10. The molecule has 5 N–H and O–H groups in total. The largest absolute Gasteiger partial charge is 0.473 e. The van der Waals surface area contributed by atoms with Gasteiger partial charge in [-0.25, -0.2) is 22.7 Å². The summed E-state index contributed by atoms with van der Waals surface area (Å²) in [6.45, 7) is 0.985. The van der Waals surface area contributed by atoms with Crippen LogP contribution in [-0.4, -0.2) is 74.0 Å². The average molecular weight is 533 g/mol. The van der Waals surface area contributed by atoms with Gasteiger partial charge in [0.15, 0.2) is 0 Å². The Labute approximate surface area is 215 Å². The molecule has 1 heterocycles. The fraction of sp³-hybridized carbons (Fsp3) is 0.320. The summed E-state index contributed by atoms with van der Waals surface area (Å²) in [7, 11) is 2.21. The third-order valence-corrected chi connectivity index (χ3v) is 6.72. The molecule has 0 spiro atoms. The molecule has 0 unspecified atom stereocenters. The SMILES string of the molecule is CNS(=O)(=O)Cc1ccc(NC(=O)CCc2ccc3[nH]cc(CCN(C)C)c3c2)cc1.O=C(O)C(=O)O. The van der Waals surface area contributed by atoms with Crippen LogP contribution in [0.3, 0.4) is 0 Å². The Bertz CT molecular complexity index is 1320. The van der Waals surface area contributed by atoms with Crippen molar-refractivity contribution < 1.29 is 33.0 Å². The van der Waals surface area contributed by atoms with Gasteiger partial charge in [-0.15, -0.1) is 0 Å². The number of fused-ring (bicyclic) bond motifs is 1. The zero-order valence-corrected chi connectivity index (χ0v) is 21.8. The summed E-state index contributed by atoms with van der Waals surface area (Å²) >= 11 is 0. The van der Waals surface area contributed by atoms with Gasteiger partial charge in [0.25, 0.3) is 0 Å². The van der Waals surface area contributed by atoms with Crippen LogP contribution in [0.5, 0.6) is 0 Å². The molecular weight excluding hydrogens is 500 g/mol. The lowest BCUT2D eigenvalue weighted by Crippen LogP contribution is -2.20. The lowest BCUT2D eigenvalue weighted by Gasteiger charge is -2.09. The fourth-order valence-electron chi connectivity index (χ4n) is 3.39. The highest BCUT2D eigenvalue weighted by atomic mass is 32.2. The van der Waals surface area contributed by atoms with Crippen LogP contribution in [-0.2, 0) is 43.0 Å². The minimum Gasteiger partial charge on any atom is -0.473 e. The number of carbonyl (C=O) groups is 3. The Morgan fingerprint density at radius 2 is 1.57 bits per heavy atom. The fourth-order valence-corrected chi connectivity index (χ4v) is 4.16. The van der Waals surface area contributed by atoms with E-state index in [-0.39, 0.29) is 11.7 Å². The van der Waals surface area contributed by atoms with E-state index < -0.39 is 22.0 Å². The van der Waals surface area contributed by atoms with Gasteiger partial charge in [-0.3, -0.25) is 4.79 Å². The number of nitrogens with zero attached hydrogens (tertiary/aromatic N) is 1. The first kappa shape index (κ1) is 29.5. The number of hydrogen-bond donors (Lipinski definition) is 5. The second-order valence-electron chi connectivity index (χ2n) is 8.57. The highest BCUT2D eigenvalue weighted by Gasteiger charge is 2.10. The minimum absolute atomic E-state index is 0.0717. The maximum atomic E-state index is 12.4. The van der Waals surface area contributed by atoms with Gasteiger partial charge in [-0.1, -0.05) is 18.2 Å². The van der Waals surface area contributed by atoms with Crippen LogP contribution < -0.4 is 10.0 Å². The van der Waals surface area contributed by atoms with Crippen molar-refractivity contribution in [2.24, 2.45) is 0 Å². The van der Waals surface area contributed by atoms with Crippen molar-refractivity contribution in [3.63, 3.8) is 0 Å². The van der Waals surface area contributed by atoms with E-state index in [4.69, 9.17) is 19.8 Å². The molecule has 2 aromatic carbocycles. The highest BCUT2D eigenvalue weighted by Crippen LogP contribution is 2.21. The molecule has 37 heavy (non-hydrogen) atoms. The van der Waals surface area contributed by atoms with Crippen molar-refractivity contribution in [1.29, 1.82) is 0 Å². The van der Waals surface area contributed by atoms with E-state index in [9.17, 15) is 13.2 Å². The topological polar surface area (TPSA) is 169 Å². The first-order chi connectivity index (χ1) is 17.4. The first-order valence-corrected chi connectivity index (χ1v) is 13.0. The second-order valence-corrected chi connectivity index (χ2v) is 10.5. The standard InChI is InChI=1S/C23H30N4O3S.C2H2O4/c1-24-31(29,30)16-18-4-8-20(9-5-18)26-23(28)11-7-17-6-10-22-21(14-17)19(15-25-22)12-13-27(2)3;3-1(4)2(5)6/h4-6,8-10,14-15,24-25H,7,11-13,16H2,1-3H3,(H,26,28);(H,3,4)(H,5,6). The number of H-pyrrole nitrogens is 1. The van der Waals surface area contributed by atoms with Crippen LogP contribution in [0, 0.1) is 0 Å². The molecule has 1 amide bonds. The number of aromatic nitrogens is 1. The van der Waals surface area contributed by atoms with Crippen molar-refractivity contribution in [2.75, 3.05) is 33.0 Å². The third-order valence-electron chi connectivity index (χ3n) is 5.39. The molecule has 3 rings (SSSR count). The molecule has 12 heteroatoms. The van der Waals surface area contributed by atoms with Gasteiger partial charge in [0.1, 0.15) is 0 Å². The van der Waals surface area contributed by atoms with E-state index in [0.29, 0.717) is 24.1 Å². The summed E-state index contributed by atoms with van der Waals surface area (Å²) in [6.07, 6.45) is 4.07. The van der Waals surface area contributed by atoms with E-state index >= 15 is 0 Å². The Morgan fingerprint density at radius 1 is 0.946 bits per heavy atom. The van der Waals surface area contributed by atoms with E-state index in [1.807, 2.05) is 0 Å². The smallest absolute Gasteiger partial charge is 0.414 e. The number of benzene rings is 2. The molecule has 0 saturated heterocycles. The monoisotopic (exact) mass is 532 g/mol. The molecule has 1 aromatic heterocycles. The molecule has 200 valence electrons. The summed E-state index contributed by atoms with van der Waals surface area (Å²) in [6, 6.07) is 13.2. The van der Waals surface area contributed by atoms with Gasteiger partial charge in [0.05, 0.1) is 5.75 Å². The molecule has 0 fully saturated rings. The normalized spacial score (nSPS) is 11.1. The number of carbonyl (C=O) groups excluding carboxylic acids is 1. The number of aromatic amines is 1.